The van der Waals surface area contributed by atoms with E-state index in [1.165, 1.54) is 56.0 Å². The molecule has 1 unspecified atom stereocenters. The Labute approximate surface area is 279 Å². The first-order chi connectivity index (χ1) is 22.2. The van der Waals surface area contributed by atoms with Crippen LogP contribution in [0.15, 0.2) is 42.2 Å². The van der Waals surface area contributed by atoms with Crippen molar-refractivity contribution in [1.82, 2.24) is 0 Å². The topological polar surface area (TPSA) is 182 Å². The fourth-order valence-electron chi connectivity index (χ4n) is 6.30. The Morgan fingerprint density at radius 3 is 1.66 bits per heavy atom. The minimum absolute atomic E-state index is 0.0566. The van der Waals surface area contributed by atoms with Crippen molar-refractivity contribution in [3.8, 4) is 11.5 Å². The molecule has 11 nitrogen and oxygen atoms in total. The number of anilines is 2. The number of rotatable bonds is 21. The zero-order valence-electron chi connectivity index (χ0n) is 28.0. The summed E-state index contributed by atoms with van der Waals surface area (Å²) in [5.74, 6) is -5.14. The number of phenols is 2. The summed E-state index contributed by atoms with van der Waals surface area (Å²) in [5, 5.41) is 66.7. The Morgan fingerprint density at radius 2 is 1.17 bits per heavy atom. The van der Waals surface area contributed by atoms with Crippen LogP contribution in [0.25, 0.3) is 5.57 Å². The van der Waals surface area contributed by atoms with Crippen molar-refractivity contribution < 1.29 is 43.6 Å². The van der Waals surface area contributed by atoms with Crippen LogP contribution in [-0.4, -0.2) is 81.3 Å². The second-order valence-corrected chi connectivity index (χ2v) is 14.1. The third kappa shape index (κ3) is 9.11. The lowest BCUT2D eigenvalue weighted by molar-refractivity contribution is -0.259. The zero-order chi connectivity index (χ0) is 34.8. The number of nitrogens with zero attached hydrogens (tertiary/aromatic N) is 2. The van der Waals surface area contributed by atoms with Gasteiger partial charge in [0, 0.05) is 60.8 Å². The van der Waals surface area contributed by atoms with E-state index in [1.54, 1.807) is 11.0 Å². The van der Waals surface area contributed by atoms with Gasteiger partial charge in [-0.2, -0.15) is 8.42 Å². The molecular weight excluding hydrogens is 624 g/mol. The highest BCUT2D eigenvalue weighted by molar-refractivity contribution is 7.85. The van der Waals surface area contributed by atoms with Gasteiger partial charge in [0.2, 0.25) is 11.4 Å². The molecule has 1 aliphatic rings. The second kappa shape index (κ2) is 16.9. The van der Waals surface area contributed by atoms with Gasteiger partial charge in [-0.05, 0) is 50.5 Å². The minimum Gasteiger partial charge on any atom is -0.508 e. The van der Waals surface area contributed by atoms with Crippen LogP contribution < -0.4 is 9.80 Å². The number of aliphatic hydroxyl groups is 4. The Kier molecular flexibility index (Phi) is 13.8. The molecule has 0 radical (unpaired) electrons. The van der Waals surface area contributed by atoms with E-state index < -0.39 is 44.3 Å². The molecule has 1 atom stereocenters. The lowest BCUT2D eigenvalue weighted by atomic mass is 9.66. The third-order valence-corrected chi connectivity index (χ3v) is 9.86. The molecule has 1 aliphatic carbocycles. The Hall–Kier alpha value is -3.03. The van der Waals surface area contributed by atoms with Crippen molar-refractivity contribution in [3.63, 3.8) is 0 Å². The number of hydrogen-bond acceptors (Lipinski definition) is 10. The summed E-state index contributed by atoms with van der Waals surface area (Å²) in [4.78, 5) is 3.95. The molecule has 264 valence electrons. The normalized spacial score (nSPS) is 17.5. The number of aliphatic hydroxyl groups excluding tert-OH is 1. The molecule has 0 aromatic heterocycles. The quantitative estimate of drug-likeness (QED) is 0.0481. The largest absolute Gasteiger partial charge is 0.508 e. The number of benzene rings is 2. The van der Waals surface area contributed by atoms with Gasteiger partial charge in [0.25, 0.3) is 10.1 Å². The smallest absolute Gasteiger partial charge is 0.264 e. The number of aromatic hydroxyl groups is 2. The third-order valence-electron chi connectivity index (χ3n) is 9.06. The lowest BCUT2D eigenvalue weighted by Crippen LogP contribution is -2.62. The van der Waals surface area contributed by atoms with Gasteiger partial charge in [-0.25, -0.2) is 0 Å². The molecule has 0 heterocycles. The molecule has 2 aromatic carbocycles. The molecule has 0 bridgehead atoms. The van der Waals surface area contributed by atoms with Crippen LogP contribution in [0.3, 0.4) is 0 Å². The van der Waals surface area contributed by atoms with Crippen LogP contribution in [0.1, 0.15) is 103 Å². The fraction of sp³-hybridized carbons (Fsp3) is 0.600. The van der Waals surface area contributed by atoms with Crippen LogP contribution in [0.4, 0.5) is 11.4 Å². The van der Waals surface area contributed by atoms with Gasteiger partial charge < -0.3 is 40.4 Å². The van der Waals surface area contributed by atoms with Crippen molar-refractivity contribution >= 4 is 27.1 Å². The number of unbranched alkanes of at least 4 members (excludes halogenated alkanes) is 8. The van der Waals surface area contributed by atoms with Crippen molar-refractivity contribution in [1.29, 1.82) is 0 Å². The van der Waals surface area contributed by atoms with Gasteiger partial charge in [0.15, 0.2) is 0 Å². The average Bonchev–Trinajstić information content (AvgIpc) is 3.01. The van der Waals surface area contributed by atoms with E-state index in [1.807, 2.05) is 6.92 Å². The Morgan fingerprint density at radius 1 is 0.660 bits per heavy atom. The maximum atomic E-state index is 11.4. The van der Waals surface area contributed by atoms with E-state index >= 15 is 0 Å². The first-order valence-corrected chi connectivity index (χ1v) is 18.6. The van der Waals surface area contributed by atoms with E-state index in [0.717, 1.165) is 57.3 Å². The SMILES string of the molecule is CCCCCCCN(CCCCCCC)c1ccc(C2=C(O)C(O)(c3ccc(N(CC)CCCS(=O)(=O)O)cc3O)C2(O)O)c(O)c1. The van der Waals surface area contributed by atoms with Gasteiger partial charge in [-0.15, -0.1) is 0 Å². The molecule has 0 fully saturated rings. The maximum absolute atomic E-state index is 11.4. The van der Waals surface area contributed by atoms with Crippen molar-refractivity contribution in [2.75, 3.05) is 41.7 Å². The van der Waals surface area contributed by atoms with Crippen LogP contribution in [0, 0.1) is 0 Å². The van der Waals surface area contributed by atoms with Gasteiger partial charge in [-0.1, -0.05) is 65.2 Å². The summed E-state index contributed by atoms with van der Waals surface area (Å²) in [5.41, 5.74) is -2.46. The molecule has 0 amide bonds. The first kappa shape index (κ1) is 38.4. The molecule has 47 heavy (non-hydrogen) atoms. The summed E-state index contributed by atoms with van der Waals surface area (Å²) >= 11 is 0. The van der Waals surface area contributed by atoms with Crippen LogP contribution >= 0.6 is 0 Å². The van der Waals surface area contributed by atoms with Crippen LogP contribution in [-0.2, 0) is 15.7 Å². The predicted molar refractivity (Wildman–Crippen MR) is 185 cm³/mol. The van der Waals surface area contributed by atoms with Gasteiger partial charge in [0.05, 0.1) is 11.3 Å². The molecular formula is C35H54N2O9S. The summed E-state index contributed by atoms with van der Waals surface area (Å²) in [6.07, 6.45) is 11.4. The predicted octanol–water partition coefficient (Wildman–Crippen LogP) is 5.80. The van der Waals surface area contributed by atoms with Crippen LogP contribution in [0.2, 0.25) is 0 Å². The van der Waals surface area contributed by atoms with E-state index in [2.05, 4.69) is 18.7 Å². The standard InChI is InChI=1S/C35H54N2O9S/c1-4-7-9-11-13-20-37(21-14-12-10-8-5-2)27-16-18-28(30(38)24-27)32-33(40)34(41,35(32,42)43)29-19-17-26(25-31(29)39)36(6-3)22-15-23-47(44,45)46/h16-19,24-25,38-43H,4-15,20-23H2,1-3H3,(H,44,45,46). The van der Waals surface area contributed by atoms with Crippen molar-refractivity contribution in [3.05, 3.63) is 53.3 Å². The highest BCUT2D eigenvalue weighted by Crippen LogP contribution is 2.58. The monoisotopic (exact) mass is 678 g/mol. The molecule has 2 aromatic rings. The molecule has 3 rings (SSSR count). The summed E-state index contributed by atoms with van der Waals surface area (Å²) in [7, 11) is -4.13. The summed E-state index contributed by atoms with van der Waals surface area (Å²) < 4.78 is 31.2. The lowest BCUT2D eigenvalue weighted by Gasteiger charge is -2.49. The van der Waals surface area contributed by atoms with Gasteiger partial charge in [0.1, 0.15) is 17.3 Å². The highest BCUT2D eigenvalue weighted by Gasteiger charge is 2.67. The van der Waals surface area contributed by atoms with E-state index in [-0.39, 0.29) is 29.8 Å². The van der Waals surface area contributed by atoms with Gasteiger partial charge >= 0.3 is 0 Å². The first-order valence-electron chi connectivity index (χ1n) is 17.0. The zero-order valence-corrected chi connectivity index (χ0v) is 28.8. The molecule has 0 saturated carbocycles. The molecule has 0 saturated heterocycles. The molecule has 0 aliphatic heterocycles. The second-order valence-electron chi connectivity index (χ2n) is 12.5. The molecule has 0 spiro atoms. The molecule has 7 N–H and O–H groups in total. The maximum Gasteiger partial charge on any atom is 0.264 e. The van der Waals surface area contributed by atoms with E-state index in [9.17, 15) is 39.1 Å². The highest BCUT2D eigenvalue weighted by atomic mass is 32.2. The fourth-order valence-corrected chi connectivity index (χ4v) is 6.79. The average molecular weight is 679 g/mol. The Balaban J connectivity index is 1.85. The Bertz CT molecular complexity index is 1450. The van der Waals surface area contributed by atoms with E-state index in [0.29, 0.717) is 12.2 Å². The van der Waals surface area contributed by atoms with Crippen molar-refractivity contribution in [2.45, 2.75) is 103 Å². The summed E-state index contributed by atoms with van der Waals surface area (Å²) in [6, 6.07) is 8.77. The minimum atomic E-state index is -4.13. The number of phenolic OH excluding ortho intramolecular Hbond substituents is 2. The summed E-state index contributed by atoms with van der Waals surface area (Å²) in [6.45, 7) is 8.47. The van der Waals surface area contributed by atoms with Crippen molar-refractivity contribution in [2.24, 2.45) is 0 Å². The molecule has 12 heteroatoms. The van der Waals surface area contributed by atoms with Gasteiger partial charge in [-0.3, -0.25) is 4.55 Å². The van der Waals surface area contributed by atoms with E-state index in [4.69, 9.17) is 4.55 Å². The number of hydrogen-bond donors (Lipinski definition) is 7. The van der Waals surface area contributed by atoms with Crippen LogP contribution in [0.5, 0.6) is 11.5 Å².